The molecule has 0 aliphatic rings. The highest BCUT2D eigenvalue weighted by Crippen LogP contribution is 2.09. The zero-order valence-corrected chi connectivity index (χ0v) is 38.2. The molecule has 5 amide bonds. The number of hydrogen-bond donors (Lipinski definition) is 8. The first-order chi connectivity index (χ1) is 30.9. The number of ether oxygens (including phenoxy) is 3. The van der Waals surface area contributed by atoms with Gasteiger partial charge in [-0.1, -0.05) is 52.7 Å². The number of rotatable bonds is 34. The number of amides is 5. The van der Waals surface area contributed by atoms with Gasteiger partial charge in [-0.3, -0.25) is 23.9 Å². The van der Waals surface area contributed by atoms with Crippen molar-refractivity contribution in [2.75, 3.05) is 59.3 Å². The van der Waals surface area contributed by atoms with Gasteiger partial charge in [0.25, 0.3) is 11.8 Å². The number of nitrogens with one attached hydrogen (secondary N) is 5. The molecular formula is C43H72N8O13. The normalized spacial score (nSPS) is 11.3. The van der Waals surface area contributed by atoms with Crippen LogP contribution in [0.25, 0.3) is 0 Å². The number of carboxylic acids is 3. The van der Waals surface area contributed by atoms with Crippen molar-refractivity contribution >= 4 is 41.7 Å². The van der Waals surface area contributed by atoms with E-state index in [0.717, 1.165) is 37.8 Å². The molecule has 0 saturated carbocycles. The molecular weight excluding hydrogens is 837 g/mol. The third kappa shape index (κ3) is 28.8. The molecule has 2 rings (SSSR count). The van der Waals surface area contributed by atoms with Gasteiger partial charge < -0.3 is 56.1 Å². The summed E-state index contributed by atoms with van der Waals surface area (Å²) in [6.07, 6.45) is 6.72. The molecule has 0 aliphatic heterocycles. The van der Waals surface area contributed by atoms with Crippen molar-refractivity contribution in [1.29, 1.82) is 0 Å². The molecule has 2 atom stereocenters. The molecule has 1 aromatic carbocycles. The van der Waals surface area contributed by atoms with E-state index in [1.807, 2.05) is 33.9 Å². The maximum atomic E-state index is 12.6. The third-order valence-corrected chi connectivity index (χ3v) is 8.79. The first kappa shape index (κ1) is 58.3. The van der Waals surface area contributed by atoms with Gasteiger partial charge in [0.2, 0.25) is 5.91 Å². The maximum absolute atomic E-state index is 12.6. The summed E-state index contributed by atoms with van der Waals surface area (Å²) < 4.78 is 17.9. The molecule has 1 aromatic heterocycles. The van der Waals surface area contributed by atoms with Gasteiger partial charge in [-0.2, -0.15) is 0 Å². The summed E-state index contributed by atoms with van der Waals surface area (Å²) in [5.41, 5.74) is 1.70. The van der Waals surface area contributed by atoms with Crippen molar-refractivity contribution in [1.82, 2.24) is 41.6 Å². The first-order valence-electron chi connectivity index (χ1n) is 22.2. The van der Waals surface area contributed by atoms with Crippen LogP contribution >= 0.6 is 0 Å². The number of urea groups is 1. The van der Waals surface area contributed by atoms with Crippen molar-refractivity contribution in [2.24, 2.45) is 0 Å². The fraction of sp³-hybridized carbons (Fsp3) is 0.651. The van der Waals surface area contributed by atoms with E-state index in [4.69, 9.17) is 19.3 Å². The van der Waals surface area contributed by atoms with Crippen LogP contribution in [-0.4, -0.2) is 143 Å². The molecule has 64 heavy (non-hydrogen) atoms. The number of carbonyl (C=O) groups is 7. The molecule has 362 valence electrons. The second-order valence-electron chi connectivity index (χ2n) is 13.6. The van der Waals surface area contributed by atoms with Gasteiger partial charge in [0.05, 0.1) is 45.3 Å². The molecule has 8 N–H and O–H groups in total. The summed E-state index contributed by atoms with van der Waals surface area (Å²) in [6, 6.07) is 2.67. The van der Waals surface area contributed by atoms with Gasteiger partial charge in [0.15, 0.2) is 0 Å². The molecule has 2 unspecified atom stereocenters. The van der Waals surface area contributed by atoms with Crippen LogP contribution in [0.5, 0.6) is 0 Å². The quantitative estimate of drug-likeness (QED) is 0.0467. The van der Waals surface area contributed by atoms with Gasteiger partial charge in [-0.15, -0.1) is 5.10 Å². The number of aromatic nitrogens is 3. The molecule has 21 nitrogen and oxygen atoms in total. The van der Waals surface area contributed by atoms with E-state index >= 15 is 0 Å². The van der Waals surface area contributed by atoms with Crippen LogP contribution in [-0.2, 0) is 46.4 Å². The van der Waals surface area contributed by atoms with E-state index in [1.165, 1.54) is 0 Å². The smallest absolute Gasteiger partial charge is 0.326 e. The Morgan fingerprint density at radius 1 is 0.625 bits per heavy atom. The van der Waals surface area contributed by atoms with E-state index in [-0.39, 0.29) is 30.6 Å². The predicted octanol–water partition coefficient (Wildman–Crippen LogP) is 3.41. The summed E-state index contributed by atoms with van der Waals surface area (Å²) in [6.45, 7) is 13.9. The van der Waals surface area contributed by atoms with Gasteiger partial charge >= 0.3 is 23.9 Å². The number of carboxylic acid groups (broad SMARTS) is 3. The molecule has 1 heterocycles. The standard InChI is InChI=1S/C39H60N8O13.2C2H6/c1-2-33(48)40-18-21-58-23-25-60-26-24-59-22-19-42-36(52)29-13-11-28(12-14-29)35(51)41-17-7-4-3-5-9-30-27-47(46-45-30)20-8-6-10-31(37(53)54)43-39(57)44-32(38(55)56)15-16-34(49)50;2*1-2/h11-14,27,31-32H,2-10,15-26H2,1H3,(H,40,48)(H,41,51)(H,42,52)(H,49,50)(H,53,54)(H,55,56)(H2,43,44,57);2*1-2H3. The number of aliphatic carboxylic acids is 3. The highest BCUT2D eigenvalue weighted by Gasteiger charge is 2.25. The molecule has 0 aliphatic carbocycles. The topological polar surface area (TPSA) is 299 Å². The van der Waals surface area contributed by atoms with Crippen LogP contribution in [0.4, 0.5) is 4.79 Å². The highest BCUT2D eigenvalue weighted by atomic mass is 16.5. The van der Waals surface area contributed by atoms with Crippen LogP contribution in [0.15, 0.2) is 30.5 Å². The van der Waals surface area contributed by atoms with Crippen LogP contribution in [0.2, 0.25) is 0 Å². The Labute approximate surface area is 376 Å². The van der Waals surface area contributed by atoms with E-state index in [1.54, 1.807) is 35.9 Å². The van der Waals surface area contributed by atoms with Crippen LogP contribution in [0, 0.1) is 0 Å². The van der Waals surface area contributed by atoms with Gasteiger partial charge in [0.1, 0.15) is 12.1 Å². The minimum atomic E-state index is -1.47. The Hall–Kier alpha value is -5.67. The zero-order valence-electron chi connectivity index (χ0n) is 38.2. The maximum Gasteiger partial charge on any atom is 0.326 e. The lowest BCUT2D eigenvalue weighted by Crippen LogP contribution is -2.51. The lowest BCUT2D eigenvalue weighted by Gasteiger charge is -2.18. The summed E-state index contributed by atoms with van der Waals surface area (Å²) >= 11 is 0. The molecule has 0 fully saturated rings. The van der Waals surface area contributed by atoms with Crippen molar-refractivity contribution in [3.63, 3.8) is 0 Å². The summed E-state index contributed by atoms with van der Waals surface area (Å²) in [5, 5.41) is 48.4. The Morgan fingerprint density at radius 3 is 1.66 bits per heavy atom. The Bertz CT molecular complexity index is 1630. The molecule has 21 heteroatoms. The second kappa shape index (κ2) is 37.8. The zero-order chi connectivity index (χ0) is 48.0. The molecule has 0 spiro atoms. The van der Waals surface area contributed by atoms with Crippen LogP contribution < -0.4 is 26.6 Å². The van der Waals surface area contributed by atoms with E-state index in [2.05, 4.69) is 36.9 Å². The summed E-state index contributed by atoms with van der Waals surface area (Å²) in [4.78, 5) is 81.9. The van der Waals surface area contributed by atoms with Crippen molar-refractivity contribution in [3.05, 3.63) is 47.3 Å². The fourth-order valence-electron chi connectivity index (χ4n) is 5.46. The minimum Gasteiger partial charge on any atom is -0.481 e. The van der Waals surface area contributed by atoms with E-state index in [0.29, 0.717) is 96.2 Å². The van der Waals surface area contributed by atoms with Crippen molar-refractivity contribution < 1.29 is 63.1 Å². The Kier molecular flexibility index (Phi) is 34.5. The lowest BCUT2D eigenvalue weighted by atomic mass is 10.1. The third-order valence-electron chi connectivity index (χ3n) is 8.79. The average molecular weight is 909 g/mol. The SMILES string of the molecule is CC.CC.CCC(=O)NCCOCCOCCOCCNC(=O)c1ccc(C(=O)NCCCCCCc2cn(CCCCC(NC(=O)NC(CCC(=O)O)C(=O)O)C(=O)O)nn2)cc1. The fourth-order valence-corrected chi connectivity index (χ4v) is 5.46. The largest absolute Gasteiger partial charge is 0.481 e. The second-order valence-corrected chi connectivity index (χ2v) is 13.6. The molecule has 0 bridgehead atoms. The number of aryl methyl sites for hydroxylation is 2. The Balaban J connectivity index is 0.00000963. The predicted molar refractivity (Wildman–Crippen MR) is 237 cm³/mol. The Morgan fingerprint density at radius 2 is 1.12 bits per heavy atom. The monoisotopic (exact) mass is 909 g/mol. The summed E-state index contributed by atoms with van der Waals surface area (Å²) in [7, 11) is 0. The van der Waals surface area contributed by atoms with Gasteiger partial charge in [-0.25, -0.2) is 14.4 Å². The molecule has 0 saturated heterocycles. The number of hydrogen-bond acceptors (Lipinski definition) is 12. The number of carbonyl (C=O) groups excluding carboxylic acids is 4. The van der Waals surface area contributed by atoms with Gasteiger partial charge in [0, 0.05) is 56.3 Å². The van der Waals surface area contributed by atoms with Crippen LogP contribution in [0.3, 0.4) is 0 Å². The number of benzene rings is 1. The molecule has 0 radical (unpaired) electrons. The average Bonchev–Trinajstić information content (AvgIpc) is 3.75. The van der Waals surface area contributed by atoms with Crippen LogP contribution in [0.1, 0.15) is 125 Å². The van der Waals surface area contributed by atoms with Crippen molar-refractivity contribution in [2.45, 2.75) is 124 Å². The van der Waals surface area contributed by atoms with E-state index in [9.17, 15) is 43.8 Å². The van der Waals surface area contributed by atoms with Gasteiger partial charge in [-0.05, 0) is 69.2 Å². The lowest BCUT2D eigenvalue weighted by molar-refractivity contribution is -0.141. The summed E-state index contributed by atoms with van der Waals surface area (Å²) in [5.74, 6) is -4.44. The molecule has 2 aromatic rings. The van der Waals surface area contributed by atoms with Crippen molar-refractivity contribution in [3.8, 4) is 0 Å². The van der Waals surface area contributed by atoms with E-state index < -0.39 is 42.4 Å². The number of unbranched alkanes of at least 4 members (excludes halogenated alkanes) is 4. The number of nitrogens with zero attached hydrogens (tertiary/aromatic N) is 3. The minimum absolute atomic E-state index is 0.0119. The first-order valence-corrected chi connectivity index (χ1v) is 22.2. The highest BCUT2D eigenvalue weighted by molar-refractivity contribution is 5.97.